The first kappa shape index (κ1) is 15.8. The normalized spacial score (nSPS) is 10.7. The van der Waals surface area contributed by atoms with Gasteiger partial charge >= 0.3 is 0 Å². The Morgan fingerprint density at radius 1 is 0.952 bits per heavy atom. The summed E-state index contributed by atoms with van der Waals surface area (Å²) in [5, 5.41) is 2.44. The van der Waals surface area contributed by atoms with Crippen molar-refractivity contribution in [2.75, 3.05) is 5.75 Å². The molecule has 0 spiro atoms. The van der Waals surface area contributed by atoms with Crippen molar-refractivity contribution in [3.63, 3.8) is 0 Å². The third-order valence-corrected chi connectivity index (χ3v) is 4.32. The van der Waals surface area contributed by atoms with Gasteiger partial charge in [0.1, 0.15) is 0 Å². The van der Waals surface area contributed by atoms with Crippen molar-refractivity contribution in [2.24, 2.45) is 0 Å². The van der Waals surface area contributed by atoms with Gasteiger partial charge < -0.3 is 0 Å². The van der Waals surface area contributed by atoms with Crippen LogP contribution in [0.25, 0.3) is 10.8 Å². The average Bonchev–Trinajstić information content (AvgIpc) is 2.49. The fourth-order valence-corrected chi connectivity index (χ4v) is 2.92. The van der Waals surface area contributed by atoms with Crippen molar-refractivity contribution in [1.82, 2.24) is 0 Å². The molecule has 0 aliphatic carbocycles. The van der Waals surface area contributed by atoms with Crippen LogP contribution in [0.3, 0.4) is 0 Å². The van der Waals surface area contributed by atoms with Crippen molar-refractivity contribution in [1.29, 1.82) is 0 Å². The van der Waals surface area contributed by atoms with Gasteiger partial charge in [0.25, 0.3) is 0 Å². The molecule has 0 aromatic heterocycles. The van der Waals surface area contributed by atoms with Gasteiger partial charge in [0, 0.05) is 24.7 Å². The number of ketones is 1. The summed E-state index contributed by atoms with van der Waals surface area (Å²) in [6, 6.07) is 14.0. The van der Waals surface area contributed by atoms with Crippen LogP contribution in [-0.2, 0) is 4.79 Å². The highest BCUT2D eigenvalue weighted by atomic mass is 32.2. The van der Waals surface area contributed by atoms with E-state index in [2.05, 4.69) is 6.07 Å². The molecule has 0 aliphatic heterocycles. The van der Waals surface area contributed by atoms with Gasteiger partial charge in [-0.1, -0.05) is 54.6 Å². The van der Waals surface area contributed by atoms with E-state index in [0.29, 0.717) is 6.42 Å². The minimum atomic E-state index is 0.169. The summed E-state index contributed by atoms with van der Waals surface area (Å²) in [6.45, 7) is 1.59. The number of thioether (sulfide) groups is 1. The van der Waals surface area contributed by atoms with Gasteiger partial charge in [0.05, 0.1) is 0 Å². The lowest BCUT2D eigenvalue weighted by Crippen LogP contribution is -1.99. The highest BCUT2D eigenvalue weighted by Crippen LogP contribution is 2.18. The molecule has 2 aromatic carbocycles. The molecule has 2 nitrogen and oxygen atoms in total. The minimum absolute atomic E-state index is 0.169. The van der Waals surface area contributed by atoms with Crippen LogP contribution >= 0.6 is 11.8 Å². The van der Waals surface area contributed by atoms with Crippen molar-refractivity contribution in [2.45, 2.75) is 32.6 Å². The summed E-state index contributed by atoms with van der Waals surface area (Å²) < 4.78 is 0. The maximum Gasteiger partial charge on any atom is 0.185 e. The van der Waals surface area contributed by atoms with E-state index in [9.17, 15) is 9.59 Å². The van der Waals surface area contributed by atoms with Crippen LogP contribution in [0.15, 0.2) is 42.5 Å². The molecule has 2 aromatic rings. The highest BCUT2D eigenvalue weighted by molar-refractivity contribution is 8.13. The monoisotopic (exact) mass is 300 g/mol. The van der Waals surface area contributed by atoms with Crippen molar-refractivity contribution in [3.8, 4) is 0 Å². The van der Waals surface area contributed by atoms with Crippen molar-refractivity contribution >= 4 is 33.4 Å². The molecule has 0 aliphatic rings. The summed E-state index contributed by atoms with van der Waals surface area (Å²) in [5.74, 6) is 1.07. The fourth-order valence-electron chi connectivity index (χ4n) is 2.29. The Morgan fingerprint density at radius 2 is 1.71 bits per heavy atom. The molecular formula is C18H20O2S. The van der Waals surface area contributed by atoms with E-state index >= 15 is 0 Å². The molecule has 0 N–H and O–H groups in total. The van der Waals surface area contributed by atoms with Crippen molar-refractivity contribution in [3.05, 3.63) is 48.0 Å². The standard InChI is InChI=1S/C18H20O2S/c1-14(19)21-12-6-2-3-9-18(20)17-11-10-15-7-4-5-8-16(15)13-17/h4-5,7-8,10-11,13H,2-3,6,9,12H2,1H3. The van der Waals surface area contributed by atoms with Gasteiger partial charge in [-0.3, -0.25) is 9.59 Å². The van der Waals surface area contributed by atoms with Crippen LogP contribution in [0, 0.1) is 0 Å². The predicted octanol–water partition coefficient (Wildman–Crippen LogP) is 4.86. The molecule has 0 saturated carbocycles. The molecular weight excluding hydrogens is 280 g/mol. The molecule has 0 atom stereocenters. The van der Waals surface area contributed by atoms with Gasteiger partial charge in [0.15, 0.2) is 10.9 Å². The molecule has 0 heterocycles. The number of carbonyl (C=O) groups is 2. The molecule has 0 bridgehead atoms. The first-order valence-electron chi connectivity index (χ1n) is 7.32. The van der Waals surface area contributed by atoms with E-state index in [-0.39, 0.29) is 10.9 Å². The second kappa shape index (κ2) is 7.99. The summed E-state index contributed by atoms with van der Waals surface area (Å²) in [4.78, 5) is 23.0. The Labute approximate surface area is 129 Å². The van der Waals surface area contributed by atoms with Crippen LogP contribution in [0.5, 0.6) is 0 Å². The highest BCUT2D eigenvalue weighted by Gasteiger charge is 2.06. The van der Waals surface area contributed by atoms with E-state index in [0.717, 1.165) is 41.4 Å². The van der Waals surface area contributed by atoms with Gasteiger partial charge in [-0.25, -0.2) is 0 Å². The molecule has 0 saturated heterocycles. The zero-order valence-corrected chi connectivity index (χ0v) is 13.1. The quantitative estimate of drug-likeness (QED) is 0.541. The average molecular weight is 300 g/mol. The van der Waals surface area contributed by atoms with E-state index < -0.39 is 0 Å². The number of hydrogen-bond donors (Lipinski definition) is 0. The molecule has 0 radical (unpaired) electrons. The Balaban J connectivity index is 1.80. The number of Topliss-reactive ketones (excluding diaryl/α,β-unsaturated/α-hetero) is 1. The number of benzene rings is 2. The Kier molecular flexibility index (Phi) is 6.00. The first-order valence-corrected chi connectivity index (χ1v) is 8.31. The number of fused-ring (bicyclic) bond motifs is 1. The zero-order chi connectivity index (χ0) is 15.1. The van der Waals surface area contributed by atoms with Crippen molar-refractivity contribution < 1.29 is 9.59 Å². The van der Waals surface area contributed by atoms with Crippen LogP contribution in [0.1, 0.15) is 43.0 Å². The second-order valence-corrected chi connectivity index (χ2v) is 6.41. The molecule has 0 unspecified atom stereocenters. The van der Waals surface area contributed by atoms with Crippen LogP contribution in [-0.4, -0.2) is 16.7 Å². The summed E-state index contributed by atoms with van der Waals surface area (Å²) >= 11 is 1.36. The van der Waals surface area contributed by atoms with E-state index in [1.807, 2.05) is 36.4 Å². The smallest absolute Gasteiger partial charge is 0.185 e. The van der Waals surface area contributed by atoms with E-state index in [1.165, 1.54) is 11.8 Å². The maximum atomic E-state index is 12.2. The number of hydrogen-bond acceptors (Lipinski definition) is 3. The lowest BCUT2D eigenvalue weighted by Gasteiger charge is -2.03. The van der Waals surface area contributed by atoms with Crippen LogP contribution in [0.4, 0.5) is 0 Å². The number of carbonyl (C=O) groups excluding carboxylic acids is 2. The third kappa shape index (κ3) is 5.01. The van der Waals surface area contributed by atoms with Gasteiger partial charge in [0.2, 0.25) is 0 Å². The molecule has 3 heteroatoms. The predicted molar refractivity (Wildman–Crippen MR) is 89.9 cm³/mol. The van der Waals surface area contributed by atoms with E-state index in [4.69, 9.17) is 0 Å². The first-order chi connectivity index (χ1) is 10.2. The zero-order valence-electron chi connectivity index (χ0n) is 12.3. The molecule has 0 fully saturated rings. The summed E-state index contributed by atoms with van der Waals surface area (Å²) in [6.07, 6.45) is 3.47. The van der Waals surface area contributed by atoms with Gasteiger partial charge in [-0.2, -0.15) is 0 Å². The summed E-state index contributed by atoms with van der Waals surface area (Å²) in [5.41, 5.74) is 0.798. The number of unbranched alkanes of at least 4 members (excludes halogenated alkanes) is 2. The summed E-state index contributed by atoms with van der Waals surface area (Å²) in [7, 11) is 0. The second-order valence-electron chi connectivity index (χ2n) is 5.14. The Morgan fingerprint density at radius 3 is 2.48 bits per heavy atom. The SMILES string of the molecule is CC(=O)SCCCCCC(=O)c1ccc2ccccc2c1. The third-order valence-electron chi connectivity index (χ3n) is 3.42. The molecule has 2 rings (SSSR count). The fraction of sp³-hybridized carbons (Fsp3) is 0.333. The lowest BCUT2D eigenvalue weighted by molar-refractivity contribution is -0.109. The van der Waals surface area contributed by atoms with Gasteiger partial charge in [-0.05, 0) is 29.7 Å². The van der Waals surface area contributed by atoms with Gasteiger partial charge in [-0.15, -0.1) is 0 Å². The molecule has 0 amide bonds. The minimum Gasteiger partial charge on any atom is -0.294 e. The van der Waals surface area contributed by atoms with Crippen LogP contribution in [0.2, 0.25) is 0 Å². The topological polar surface area (TPSA) is 34.1 Å². The largest absolute Gasteiger partial charge is 0.294 e. The molecule has 21 heavy (non-hydrogen) atoms. The maximum absolute atomic E-state index is 12.2. The Bertz CT molecular complexity index is 634. The van der Waals surface area contributed by atoms with Crippen LogP contribution < -0.4 is 0 Å². The Hall–Kier alpha value is -1.61. The molecule has 110 valence electrons. The van der Waals surface area contributed by atoms with E-state index in [1.54, 1.807) is 6.92 Å². The lowest BCUT2D eigenvalue weighted by atomic mass is 10.0. The number of rotatable bonds is 7.